The summed E-state index contributed by atoms with van der Waals surface area (Å²) in [5.74, 6) is 2.06. The first kappa shape index (κ1) is 16.2. The Bertz CT molecular complexity index is 710. The molecule has 2 aliphatic heterocycles. The predicted octanol–water partition coefficient (Wildman–Crippen LogP) is 1.62. The number of nitrogens with two attached hydrogens (primary N) is 1. The molecule has 0 atom stereocenters. The second kappa shape index (κ2) is 5.37. The molecule has 1 saturated heterocycles. The van der Waals surface area contributed by atoms with Crippen LogP contribution in [0.1, 0.15) is 39.2 Å². The van der Waals surface area contributed by atoms with Gasteiger partial charge in [-0.2, -0.15) is 9.97 Å². The van der Waals surface area contributed by atoms with Crippen molar-refractivity contribution in [3.8, 4) is 0 Å². The fourth-order valence-electron chi connectivity index (χ4n) is 3.77. The van der Waals surface area contributed by atoms with E-state index in [9.17, 15) is 4.79 Å². The molecule has 25 heavy (non-hydrogen) atoms. The molecule has 1 aromatic rings. The van der Waals surface area contributed by atoms with Gasteiger partial charge in [0.2, 0.25) is 5.95 Å². The van der Waals surface area contributed by atoms with Crippen molar-refractivity contribution in [3.63, 3.8) is 0 Å². The van der Waals surface area contributed by atoms with Gasteiger partial charge in [-0.3, -0.25) is 4.90 Å². The topological polar surface area (TPSA) is 96.6 Å². The fraction of sp³-hybridized carbons (Fsp3) is 0.706. The highest BCUT2D eigenvalue weighted by atomic mass is 16.6. The van der Waals surface area contributed by atoms with E-state index in [-0.39, 0.29) is 11.6 Å². The Balaban J connectivity index is 1.55. The van der Waals surface area contributed by atoms with Crippen LogP contribution in [0.4, 0.5) is 22.4 Å². The quantitative estimate of drug-likeness (QED) is 0.797. The van der Waals surface area contributed by atoms with E-state index in [4.69, 9.17) is 10.5 Å². The first-order valence-electron chi connectivity index (χ1n) is 8.93. The minimum absolute atomic E-state index is 0.126. The third-order valence-corrected chi connectivity index (χ3v) is 5.06. The number of nitrogens with one attached hydrogen (secondary N) is 1. The van der Waals surface area contributed by atoms with Crippen LogP contribution in [0, 0.1) is 0 Å². The van der Waals surface area contributed by atoms with Crippen LogP contribution in [0.5, 0.6) is 0 Å². The second-order valence-electron chi connectivity index (χ2n) is 8.19. The van der Waals surface area contributed by atoms with Crippen LogP contribution >= 0.6 is 0 Å². The van der Waals surface area contributed by atoms with Crippen molar-refractivity contribution in [2.45, 2.75) is 51.2 Å². The average Bonchev–Trinajstić information content (AvgIpc) is 3.09. The summed E-state index contributed by atoms with van der Waals surface area (Å²) < 4.78 is 5.60. The SMILES string of the molecule is CC(C)(C)OC(=O)N1CCN(c2nc(N)nc3c2CCN3)CC12CC2. The molecular weight excluding hydrogens is 320 g/mol. The summed E-state index contributed by atoms with van der Waals surface area (Å²) in [7, 11) is 0. The summed E-state index contributed by atoms with van der Waals surface area (Å²) in [5.41, 5.74) is 6.43. The summed E-state index contributed by atoms with van der Waals surface area (Å²) in [6.07, 6.45) is 2.70. The number of hydrogen-bond donors (Lipinski definition) is 2. The molecule has 0 unspecified atom stereocenters. The number of carbonyl (C=O) groups is 1. The standard InChI is InChI=1S/C17H26N6O2/c1-16(2,3)25-15(24)23-9-8-22(10-17(23)5-6-17)13-11-4-7-19-12(11)20-14(18)21-13/h4-10H2,1-3H3,(H3,18,19,20,21). The Morgan fingerprint density at radius 1 is 1.28 bits per heavy atom. The van der Waals surface area contributed by atoms with Gasteiger partial charge in [0.1, 0.15) is 17.2 Å². The maximum atomic E-state index is 12.6. The number of fused-ring (bicyclic) bond motifs is 1. The van der Waals surface area contributed by atoms with Gasteiger partial charge in [-0.1, -0.05) is 0 Å². The number of hydrogen-bond acceptors (Lipinski definition) is 7. The van der Waals surface area contributed by atoms with Crippen molar-refractivity contribution in [1.29, 1.82) is 0 Å². The van der Waals surface area contributed by atoms with Crippen molar-refractivity contribution >= 4 is 23.7 Å². The van der Waals surface area contributed by atoms with E-state index in [1.165, 1.54) is 0 Å². The molecule has 0 bridgehead atoms. The number of nitrogens with zero attached hydrogens (tertiary/aromatic N) is 4. The second-order valence-corrected chi connectivity index (χ2v) is 8.19. The maximum Gasteiger partial charge on any atom is 0.410 e. The summed E-state index contributed by atoms with van der Waals surface area (Å²) in [6, 6.07) is 0. The van der Waals surface area contributed by atoms with E-state index < -0.39 is 5.60 Å². The van der Waals surface area contributed by atoms with Crippen LogP contribution < -0.4 is 16.0 Å². The first-order valence-corrected chi connectivity index (χ1v) is 8.93. The number of ether oxygens (including phenoxy) is 1. The van der Waals surface area contributed by atoms with Crippen LogP contribution in [0.15, 0.2) is 0 Å². The molecule has 3 aliphatic rings. The van der Waals surface area contributed by atoms with Gasteiger partial charge >= 0.3 is 6.09 Å². The van der Waals surface area contributed by atoms with E-state index in [1.807, 2.05) is 25.7 Å². The van der Waals surface area contributed by atoms with Crippen LogP contribution in [0.2, 0.25) is 0 Å². The predicted molar refractivity (Wildman–Crippen MR) is 95.8 cm³/mol. The van der Waals surface area contributed by atoms with Gasteiger partial charge in [0, 0.05) is 31.7 Å². The molecule has 2 fully saturated rings. The van der Waals surface area contributed by atoms with Gasteiger partial charge in [0.25, 0.3) is 0 Å². The van der Waals surface area contributed by atoms with Crippen molar-refractivity contribution in [1.82, 2.24) is 14.9 Å². The number of amides is 1. The van der Waals surface area contributed by atoms with Crippen LogP contribution in [0.25, 0.3) is 0 Å². The zero-order valence-corrected chi connectivity index (χ0v) is 15.1. The minimum Gasteiger partial charge on any atom is -0.444 e. The molecule has 1 amide bonds. The highest BCUT2D eigenvalue weighted by Gasteiger charge is 2.54. The molecule has 8 nitrogen and oxygen atoms in total. The lowest BCUT2D eigenvalue weighted by atomic mass is 10.1. The lowest BCUT2D eigenvalue weighted by Crippen LogP contribution is -2.58. The maximum absolute atomic E-state index is 12.6. The van der Waals surface area contributed by atoms with Gasteiger partial charge in [0.15, 0.2) is 0 Å². The molecule has 1 aromatic heterocycles. The van der Waals surface area contributed by atoms with Crippen molar-refractivity contribution in [3.05, 3.63) is 5.56 Å². The summed E-state index contributed by atoms with van der Waals surface area (Å²) in [4.78, 5) is 25.6. The smallest absolute Gasteiger partial charge is 0.410 e. The molecular formula is C17H26N6O2. The monoisotopic (exact) mass is 346 g/mol. The lowest BCUT2D eigenvalue weighted by Gasteiger charge is -2.43. The third kappa shape index (κ3) is 2.94. The van der Waals surface area contributed by atoms with E-state index in [0.717, 1.165) is 56.1 Å². The molecule has 3 N–H and O–H groups in total. The highest BCUT2D eigenvalue weighted by Crippen LogP contribution is 2.46. The van der Waals surface area contributed by atoms with E-state index in [0.29, 0.717) is 12.5 Å². The van der Waals surface area contributed by atoms with E-state index in [1.54, 1.807) is 0 Å². The third-order valence-electron chi connectivity index (χ3n) is 5.06. The number of rotatable bonds is 1. The number of aromatic nitrogens is 2. The number of piperazine rings is 1. The van der Waals surface area contributed by atoms with Crippen LogP contribution in [-0.2, 0) is 11.2 Å². The number of anilines is 3. The Morgan fingerprint density at radius 2 is 2.04 bits per heavy atom. The van der Waals surface area contributed by atoms with Gasteiger partial charge < -0.3 is 20.7 Å². The Labute approximate surface area is 147 Å². The van der Waals surface area contributed by atoms with Crippen LogP contribution in [0.3, 0.4) is 0 Å². The largest absolute Gasteiger partial charge is 0.444 e. The number of carbonyl (C=O) groups excluding carboxylic acids is 1. The van der Waals surface area contributed by atoms with Gasteiger partial charge in [-0.15, -0.1) is 0 Å². The minimum atomic E-state index is -0.474. The van der Waals surface area contributed by atoms with Crippen molar-refractivity contribution < 1.29 is 9.53 Å². The molecule has 0 radical (unpaired) electrons. The fourth-order valence-corrected chi connectivity index (χ4v) is 3.77. The Morgan fingerprint density at radius 3 is 2.72 bits per heavy atom. The average molecular weight is 346 g/mol. The van der Waals surface area contributed by atoms with Crippen LogP contribution in [-0.4, -0.2) is 58.3 Å². The summed E-state index contributed by atoms with van der Waals surface area (Å²) in [5, 5.41) is 3.27. The molecule has 1 aliphatic carbocycles. The lowest BCUT2D eigenvalue weighted by molar-refractivity contribution is 0.0106. The van der Waals surface area contributed by atoms with Gasteiger partial charge in [0.05, 0.1) is 5.54 Å². The Kier molecular flexibility index (Phi) is 3.49. The molecule has 3 heterocycles. The zero-order valence-electron chi connectivity index (χ0n) is 15.1. The van der Waals surface area contributed by atoms with E-state index in [2.05, 4.69) is 20.2 Å². The first-order chi connectivity index (χ1) is 11.8. The zero-order chi connectivity index (χ0) is 17.8. The molecule has 4 rings (SSSR count). The summed E-state index contributed by atoms with van der Waals surface area (Å²) in [6.45, 7) is 8.71. The normalized spacial score (nSPS) is 21.1. The number of nitrogen functional groups attached to an aromatic ring is 1. The van der Waals surface area contributed by atoms with Gasteiger partial charge in [-0.05, 0) is 40.0 Å². The summed E-state index contributed by atoms with van der Waals surface area (Å²) >= 11 is 0. The molecule has 136 valence electrons. The molecule has 1 saturated carbocycles. The molecule has 8 heteroatoms. The molecule has 0 aromatic carbocycles. The van der Waals surface area contributed by atoms with Crippen molar-refractivity contribution in [2.75, 3.05) is 42.1 Å². The van der Waals surface area contributed by atoms with Gasteiger partial charge in [-0.25, -0.2) is 4.79 Å². The van der Waals surface area contributed by atoms with Crippen molar-refractivity contribution in [2.24, 2.45) is 0 Å². The Hall–Kier alpha value is -2.25. The molecule has 1 spiro atoms. The van der Waals surface area contributed by atoms with E-state index >= 15 is 0 Å². The highest BCUT2D eigenvalue weighted by molar-refractivity contribution is 5.71.